The van der Waals surface area contributed by atoms with Crippen LogP contribution in [0.2, 0.25) is 0 Å². The maximum Gasteiger partial charge on any atom is 0.173 e. The van der Waals surface area contributed by atoms with Gasteiger partial charge in [0.15, 0.2) is 5.60 Å². The van der Waals surface area contributed by atoms with E-state index in [1.54, 1.807) is 0 Å². The van der Waals surface area contributed by atoms with Crippen molar-refractivity contribution < 1.29 is 4.74 Å². The first-order valence-electron chi connectivity index (χ1n) is 3.13. The molecule has 2 unspecified atom stereocenters. The number of nitriles is 1. The molecular weight excluding hydrogens is 114 g/mol. The van der Waals surface area contributed by atoms with Gasteiger partial charge in [-0.25, -0.2) is 0 Å². The van der Waals surface area contributed by atoms with Crippen molar-refractivity contribution in [3.05, 3.63) is 12.2 Å². The maximum atomic E-state index is 8.62. The van der Waals surface area contributed by atoms with Gasteiger partial charge in [-0.1, -0.05) is 6.08 Å². The Balaban J connectivity index is 2.36. The first-order valence-corrected chi connectivity index (χ1v) is 3.13. The summed E-state index contributed by atoms with van der Waals surface area (Å²) in [6, 6.07) is 2.16. The summed E-state index contributed by atoms with van der Waals surface area (Å²) in [5, 5.41) is 8.62. The lowest BCUT2D eigenvalue weighted by atomic mass is 9.97. The van der Waals surface area contributed by atoms with Crippen molar-refractivity contribution in [3.8, 4) is 6.07 Å². The number of nitrogens with zero attached hydrogens (tertiary/aromatic N) is 1. The van der Waals surface area contributed by atoms with Gasteiger partial charge < -0.3 is 4.74 Å². The third kappa shape index (κ3) is 0.526. The molecule has 2 aliphatic heterocycles. The van der Waals surface area contributed by atoms with Crippen LogP contribution in [-0.4, -0.2) is 11.7 Å². The molecule has 2 heterocycles. The van der Waals surface area contributed by atoms with E-state index in [9.17, 15) is 0 Å². The Bertz CT molecular complexity index is 203. The van der Waals surface area contributed by atoms with Crippen molar-refractivity contribution in [1.82, 2.24) is 0 Å². The van der Waals surface area contributed by atoms with Crippen molar-refractivity contribution in [3.63, 3.8) is 0 Å². The highest BCUT2D eigenvalue weighted by atomic mass is 16.5. The molecule has 0 spiro atoms. The van der Waals surface area contributed by atoms with E-state index in [1.165, 1.54) is 0 Å². The van der Waals surface area contributed by atoms with Crippen LogP contribution in [-0.2, 0) is 4.74 Å². The second kappa shape index (κ2) is 1.37. The zero-order valence-electron chi connectivity index (χ0n) is 5.00. The fraction of sp³-hybridized carbons (Fsp3) is 0.571. The number of ether oxygens (including phenoxy) is 1. The van der Waals surface area contributed by atoms with Gasteiger partial charge in [-0.2, -0.15) is 5.26 Å². The lowest BCUT2D eigenvalue weighted by molar-refractivity contribution is 0.0731. The van der Waals surface area contributed by atoms with Gasteiger partial charge in [0.25, 0.3) is 0 Å². The second-order valence-electron chi connectivity index (χ2n) is 2.56. The molecule has 0 amide bonds. The third-order valence-electron chi connectivity index (χ3n) is 1.93. The molecule has 2 nitrogen and oxygen atoms in total. The molecule has 46 valence electrons. The number of rotatable bonds is 0. The highest BCUT2D eigenvalue weighted by Crippen LogP contribution is 2.37. The Kier molecular flexibility index (Phi) is 0.762. The van der Waals surface area contributed by atoms with Gasteiger partial charge in [-0.15, -0.1) is 0 Å². The Morgan fingerprint density at radius 3 is 2.89 bits per heavy atom. The molecule has 1 fully saturated rings. The van der Waals surface area contributed by atoms with Crippen LogP contribution >= 0.6 is 0 Å². The minimum absolute atomic E-state index is 0.240. The minimum Gasteiger partial charge on any atom is -0.349 e. The van der Waals surface area contributed by atoms with E-state index in [0.717, 1.165) is 12.8 Å². The molecule has 0 radical (unpaired) electrons. The van der Waals surface area contributed by atoms with Crippen LogP contribution in [0.15, 0.2) is 12.2 Å². The largest absolute Gasteiger partial charge is 0.349 e. The summed E-state index contributed by atoms with van der Waals surface area (Å²) < 4.78 is 5.34. The van der Waals surface area contributed by atoms with Crippen molar-refractivity contribution in [2.45, 2.75) is 24.5 Å². The van der Waals surface area contributed by atoms with Crippen molar-refractivity contribution in [1.29, 1.82) is 5.26 Å². The molecule has 0 saturated carbocycles. The van der Waals surface area contributed by atoms with Gasteiger partial charge in [0.1, 0.15) is 6.07 Å². The summed E-state index contributed by atoms with van der Waals surface area (Å²) in [7, 11) is 0. The van der Waals surface area contributed by atoms with Gasteiger partial charge in [0.05, 0.1) is 6.10 Å². The zero-order valence-corrected chi connectivity index (χ0v) is 5.00. The van der Waals surface area contributed by atoms with E-state index >= 15 is 0 Å². The van der Waals surface area contributed by atoms with Gasteiger partial charge in [-0.05, 0) is 18.9 Å². The molecule has 0 N–H and O–H groups in total. The van der Waals surface area contributed by atoms with Crippen LogP contribution in [0.5, 0.6) is 0 Å². The lowest BCUT2D eigenvalue weighted by Crippen LogP contribution is -2.18. The standard InChI is InChI=1S/C7H7NO/c8-5-7-3-1-6(9-7)2-4-7/h1,3,6H,2,4H2. The number of hydrogen-bond donors (Lipinski definition) is 0. The molecule has 9 heavy (non-hydrogen) atoms. The zero-order chi connectivity index (χ0) is 6.32. The van der Waals surface area contributed by atoms with E-state index in [1.807, 2.05) is 12.2 Å². The highest BCUT2D eigenvalue weighted by molar-refractivity contribution is 5.26. The SMILES string of the molecule is N#CC12C=CC(CC1)O2. The quantitative estimate of drug-likeness (QED) is 0.448. The molecule has 2 atom stereocenters. The van der Waals surface area contributed by atoms with Crippen LogP contribution < -0.4 is 0 Å². The molecule has 0 aromatic carbocycles. The Hall–Kier alpha value is -0.810. The summed E-state index contributed by atoms with van der Waals surface area (Å²) in [5.74, 6) is 0. The average molecular weight is 121 g/mol. The summed E-state index contributed by atoms with van der Waals surface area (Å²) >= 11 is 0. The first-order chi connectivity index (χ1) is 4.35. The van der Waals surface area contributed by atoms with Crippen LogP contribution in [0, 0.1) is 11.3 Å². The predicted molar refractivity (Wildman–Crippen MR) is 31.6 cm³/mol. The van der Waals surface area contributed by atoms with Crippen LogP contribution in [0.1, 0.15) is 12.8 Å². The Labute approximate surface area is 53.7 Å². The molecule has 2 heteroatoms. The van der Waals surface area contributed by atoms with Crippen molar-refractivity contribution in [2.75, 3.05) is 0 Å². The fourth-order valence-corrected chi connectivity index (χ4v) is 1.39. The lowest BCUT2D eigenvalue weighted by Gasteiger charge is -2.09. The van der Waals surface area contributed by atoms with Crippen molar-refractivity contribution >= 4 is 0 Å². The molecule has 2 aliphatic rings. The normalized spacial score (nSPS) is 45.4. The molecular formula is C7H7NO. The average Bonchev–Trinajstić information content (AvgIpc) is 2.46. The monoisotopic (exact) mass is 121 g/mol. The second-order valence-corrected chi connectivity index (χ2v) is 2.56. The van der Waals surface area contributed by atoms with E-state index in [-0.39, 0.29) is 6.10 Å². The number of fused-ring (bicyclic) bond motifs is 2. The Morgan fingerprint density at radius 1 is 1.78 bits per heavy atom. The van der Waals surface area contributed by atoms with Crippen LogP contribution in [0.25, 0.3) is 0 Å². The maximum absolute atomic E-state index is 8.62. The van der Waals surface area contributed by atoms with Crippen molar-refractivity contribution in [2.24, 2.45) is 0 Å². The van der Waals surface area contributed by atoms with Gasteiger partial charge >= 0.3 is 0 Å². The van der Waals surface area contributed by atoms with Gasteiger partial charge in [0.2, 0.25) is 0 Å². The predicted octanol–water partition coefficient (Wildman–Crippen LogP) is 0.998. The molecule has 2 bridgehead atoms. The highest BCUT2D eigenvalue weighted by Gasteiger charge is 2.41. The number of hydrogen-bond acceptors (Lipinski definition) is 2. The topological polar surface area (TPSA) is 33.0 Å². The van der Waals surface area contributed by atoms with E-state index in [0.29, 0.717) is 0 Å². The van der Waals surface area contributed by atoms with Gasteiger partial charge in [-0.3, -0.25) is 0 Å². The molecule has 0 aromatic rings. The van der Waals surface area contributed by atoms with E-state index < -0.39 is 5.60 Å². The summed E-state index contributed by atoms with van der Waals surface area (Å²) in [6.45, 7) is 0. The molecule has 1 saturated heterocycles. The first kappa shape index (κ1) is 5.01. The van der Waals surface area contributed by atoms with Gasteiger partial charge in [0, 0.05) is 0 Å². The summed E-state index contributed by atoms with van der Waals surface area (Å²) in [4.78, 5) is 0. The molecule has 2 rings (SSSR count). The fourth-order valence-electron chi connectivity index (χ4n) is 1.39. The molecule has 0 aliphatic carbocycles. The van der Waals surface area contributed by atoms with E-state index in [2.05, 4.69) is 6.07 Å². The molecule has 0 aromatic heterocycles. The van der Waals surface area contributed by atoms with E-state index in [4.69, 9.17) is 10.00 Å². The van der Waals surface area contributed by atoms with Crippen LogP contribution in [0.3, 0.4) is 0 Å². The summed E-state index contributed by atoms with van der Waals surface area (Å²) in [6.07, 6.45) is 5.99. The smallest absolute Gasteiger partial charge is 0.173 e. The minimum atomic E-state index is -0.523. The summed E-state index contributed by atoms with van der Waals surface area (Å²) in [5.41, 5.74) is -0.523. The third-order valence-corrected chi connectivity index (χ3v) is 1.93. The van der Waals surface area contributed by atoms with Crippen LogP contribution in [0.4, 0.5) is 0 Å². The Morgan fingerprint density at radius 2 is 2.67 bits per heavy atom.